The van der Waals surface area contributed by atoms with Crippen molar-refractivity contribution in [2.24, 2.45) is 22.2 Å². The van der Waals surface area contributed by atoms with Crippen LogP contribution in [0.25, 0.3) is 0 Å². The highest BCUT2D eigenvalue weighted by atomic mass is 35.5. The molecule has 0 bridgehead atoms. The summed E-state index contributed by atoms with van der Waals surface area (Å²) >= 11 is 11.2. The number of benzene rings is 1. The standard InChI is InChI=1S/C26H36Cl2N2O4S/c1-8-9-33-22-13-21(28)20(27)12-19(22)23(29-35(32)26(5,6)7)16-10-17-14-30(15-18(17)11-16)24(31)34-25(2,3)4/h8,12-13,16-18H,1,9-11,14-15H2,2-7H3/t17-,18-,35+/m1/s1. The van der Waals surface area contributed by atoms with Crippen molar-refractivity contribution >= 4 is 46.4 Å². The third-order valence-corrected chi connectivity index (χ3v) is 8.28. The fourth-order valence-electron chi connectivity index (χ4n) is 4.57. The number of hydrogen-bond acceptors (Lipinski definition) is 5. The molecule has 1 aromatic rings. The number of hydrogen-bond donors (Lipinski definition) is 0. The Labute approximate surface area is 222 Å². The molecule has 0 aromatic heterocycles. The van der Waals surface area contributed by atoms with Crippen LogP contribution in [0.5, 0.6) is 5.75 Å². The highest BCUT2D eigenvalue weighted by Gasteiger charge is 2.46. The number of halogens is 2. The molecule has 1 saturated carbocycles. The molecule has 1 amide bonds. The number of carbonyl (C=O) groups excluding carboxylic acids is 1. The Morgan fingerprint density at radius 2 is 1.74 bits per heavy atom. The molecule has 35 heavy (non-hydrogen) atoms. The van der Waals surface area contributed by atoms with Crippen LogP contribution in [-0.2, 0) is 16.1 Å². The molecule has 194 valence electrons. The number of carbonyl (C=O) groups is 1. The van der Waals surface area contributed by atoms with Crippen LogP contribution in [0, 0.1) is 17.8 Å². The van der Waals surface area contributed by atoms with E-state index in [1.165, 1.54) is 0 Å². The van der Waals surface area contributed by atoms with E-state index in [2.05, 4.69) is 6.58 Å². The maximum Gasteiger partial charge on any atom is 0.410 e. The van der Waals surface area contributed by atoms with Crippen molar-refractivity contribution in [3.8, 4) is 5.75 Å². The van der Waals surface area contributed by atoms with Crippen molar-refractivity contribution in [3.63, 3.8) is 0 Å². The summed E-state index contributed by atoms with van der Waals surface area (Å²) in [7, 11) is 0. The molecule has 1 aromatic carbocycles. The maximum atomic E-state index is 13.1. The predicted octanol–water partition coefficient (Wildman–Crippen LogP) is 6.70. The molecule has 2 aliphatic rings. The Hall–Kier alpha value is -1.41. The van der Waals surface area contributed by atoms with Crippen molar-refractivity contribution in [3.05, 3.63) is 40.4 Å². The molecular weight excluding hydrogens is 507 g/mol. The van der Waals surface area contributed by atoms with Gasteiger partial charge in [0.05, 0.1) is 10.0 Å². The van der Waals surface area contributed by atoms with E-state index in [9.17, 15) is 9.35 Å². The lowest BCUT2D eigenvalue weighted by atomic mass is 9.93. The van der Waals surface area contributed by atoms with Gasteiger partial charge >= 0.3 is 6.09 Å². The average molecular weight is 544 g/mol. The first-order chi connectivity index (χ1) is 16.2. The van der Waals surface area contributed by atoms with Crippen molar-refractivity contribution in [1.82, 2.24) is 4.90 Å². The van der Waals surface area contributed by atoms with Gasteiger partial charge in [-0.05, 0) is 72.3 Å². The molecule has 0 spiro atoms. The molecular formula is C26H36Cl2N2O4S. The van der Waals surface area contributed by atoms with E-state index in [0.717, 1.165) is 12.8 Å². The normalized spacial score (nSPS) is 22.2. The van der Waals surface area contributed by atoms with Crippen LogP contribution in [-0.4, -0.2) is 51.3 Å². The first-order valence-corrected chi connectivity index (χ1v) is 13.8. The van der Waals surface area contributed by atoms with E-state index in [0.29, 0.717) is 58.6 Å². The molecule has 3 atom stereocenters. The number of amides is 1. The van der Waals surface area contributed by atoms with Gasteiger partial charge in [0.2, 0.25) is 0 Å². The summed E-state index contributed by atoms with van der Waals surface area (Å²) in [5.74, 6) is 1.24. The van der Waals surface area contributed by atoms with E-state index in [1.807, 2.05) is 41.5 Å². The van der Waals surface area contributed by atoms with E-state index in [1.54, 1.807) is 23.1 Å². The van der Waals surface area contributed by atoms with Crippen LogP contribution >= 0.6 is 23.2 Å². The second-order valence-corrected chi connectivity index (χ2v) is 14.0. The Kier molecular flexibility index (Phi) is 8.78. The smallest absolute Gasteiger partial charge is 0.410 e. The lowest BCUT2D eigenvalue weighted by Crippen LogP contribution is -2.36. The lowest BCUT2D eigenvalue weighted by molar-refractivity contribution is 0.0279. The molecule has 9 heteroatoms. The van der Waals surface area contributed by atoms with Gasteiger partial charge in [0.15, 0.2) is 0 Å². The number of fused-ring (bicyclic) bond motifs is 1. The third kappa shape index (κ3) is 7.09. The van der Waals surface area contributed by atoms with Gasteiger partial charge in [-0.3, -0.25) is 0 Å². The number of ether oxygens (including phenoxy) is 2. The first-order valence-electron chi connectivity index (χ1n) is 11.9. The average Bonchev–Trinajstić information content (AvgIpc) is 3.30. The van der Waals surface area contributed by atoms with Crippen LogP contribution in [0.3, 0.4) is 0 Å². The zero-order chi connectivity index (χ0) is 26.1. The van der Waals surface area contributed by atoms with Gasteiger partial charge in [-0.15, -0.1) is 0 Å². The Balaban J connectivity index is 1.91. The van der Waals surface area contributed by atoms with Crippen molar-refractivity contribution in [2.75, 3.05) is 19.7 Å². The predicted molar refractivity (Wildman–Crippen MR) is 144 cm³/mol. The fourth-order valence-corrected chi connectivity index (χ4v) is 5.58. The van der Waals surface area contributed by atoms with Crippen LogP contribution in [0.2, 0.25) is 10.0 Å². The van der Waals surface area contributed by atoms with Gasteiger partial charge in [-0.2, -0.15) is 0 Å². The van der Waals surface area contributed by atoms with Crippen molar-refractivity contribution in [2.45, 2.75) is 64.7 Å². The first kappa shape index (κ1) is 28.2. The van der Waals surface area contributed by atoms with Gasteiger partial charge in [0.1, 0.15) is 39.8 Å². The van der Waals surface area contributed by atoms with Crippen LogP contribution < -0.4 is 4.74 Å². The van der Waals surface area contributed by atoms with Crippen LogP contribution in [0.15, 0.2) is 29.2 Å². The van der Waals surface area contributed by atoms with Crippen LogP contribution in [0.1, 0.15) is 59.9 Å². The topological polar surface area (TPSA) is 74.2 Å². The van der Waals surface area contributed by atoms with Crippen molar-refractivity contribution < 1.29 is 18.8 Å². The van der Waals surface area contributed by atoms with Crippen molar-refractivity contribution in [1.29, 1.82) is 0 Å². The van der Waals surface area contributed by atoms with E-state index >= 15 is 0 Å². The molecule has 1 heterocycles. The zero-order valence-electron chi connectivity index (χ0n) is 21.4. The van der Waals surface area contributed by atoms with Crippen LogP contribution in [0.4, 0.5) is 4.79 Å². The SMILES string of the molecule is C=CCOc1cc(Cl)c(Cl)cc1C(=N[S@@+]([O-])C(C)(C)C)C1C[C@@H]2CN(C(=O)OC(C)(C)C)C[C@H]2C1. The Bertz CT molecular complexity index is 973. The summed E-state index contributed by atoms with van der Waals surface area (Å²) in [6.07, 6.45) is 3.04. The highest BCUT2D eigenvalue weighted by Crippen LogP contribution is 2.45. The Morgan fingerprint density at radius 1 is 1.17 bits per heavy atom. The lowest BCUT2D eigenvalue weighted by Gasteiger charge is -2.26. The summed E-state index contributed by atoms with van der Waals surface area (Å²) in [5, 5.41) is 0.762. The molecule has 2 fully saturated rings. The molecule has 1 saturated heterocycles. The minimum absolute atomic E-state index is 0.0559. The largest absolute Gasteiger partial charge is 0.591 e. The third-order valence-electron chi connectivity index (χ3n) is 6.15. The van der Waals surface area contributed by atoms with E-state index < -0.39 is 21.7 Å². The molecule has 0 radical (unpaired) electrons. The quantitative estimate of drug-likeness (QED) is 0.227. The fraction of sp³-hybridized carbons (Fsp3) is 0.615. The summed E-state index contributed by atoms with van der Waals surface area (Å²) in [6, 6.07) is 3.43. The molecule has 6 nitrogen and oxygen atoms in total. The summed E-state index contributed by atoms with van der Waals surface area (Å²) < 4.78 is 28.8. The Morgan fingerprint density at radius 3 is 2.26 bits per heavy atom. The molecule has 3 rings (SSSR count). The summed E-state index contributed by atoms with van der Waals surface area (Å²) in [4.78, 5) is 14.4. The molecule has 1 aliphatic carbocycles. The monoisotopic (exact) mass is 542 g/mol. The zero-order valence-corrected chi connectivity index (χ0v) is 23.7. The number of rotatable bonds is 6. The minimum atomic E-state index is -1.47. The van der Waals surface area contributed by atoms with Gasteiger partial charge in [0, 0.05) is 30.6 Å². The van der Waals surface area contributed by atoms with Gasteiger partial charge in [-0.1, -0.05) is 40.3 Å². The number of nitrogens with zero attached hydrogens (tertiary/aromatic N) is 2. The second kappa shape index (κ2) is 10.9. The maximum absolute atomic E-state index is 13.1. The molecule has 1 aliphatic heterocycles. The summed E-state index contributed by atoms with van der Waals surface area (Å²) in [6.45, 7) is 16.6. The number of likely N-dealkylation sites (tertiary alicyclic amines) is 1. The van der Waals surface area contributed by atoms with Gasteiger partial charge in [-0.25, -0.2) is 4.79 Å². The highest BCUT2D eigenvalue weighted by molar-refractivity contribution is 7.91. The van der Waals surface area contributed by atoms with Gasteiger partial charge in [0.25, 0.3) is 0 Å². The van der Waals surface area contributed by atoms with E-state index in [-0.39, 0.29) is 12.0 Å². The molecule has 0 N–H and O–H groups in total. The molecule has 0 unspecified atom stereocenters. The van der Waals surface area contributed by atoms with E-state index in [4.69, 9.17) is 37.1 Å². The summed E-state index contributed by atoms with van der Waals surface area (Å²) in [5.41, 5.74) is 0.894. The van der Waals surface area contributed by atoms with Gasteiger partial charge < -0.3 is 18.9 Å². The second-order valence-electron chi connectivity index (χ2n) is 11.3. The minimum Gasteiger partial charge on any atom is -0.591 e.